The molecule has 0 atom stereocenters. The van der Waals surface area contributed by atoms with Gasteiger partial charge in [0.25, 0.3) is 5.91 Å². The first kappa shape index (κ1) is 18.7. The SMILES string of the molecule is CCN(CC(=O)Nc1ccccc1OC)C(=O)c1cc(-c2cccs2)on1. The number of carbonyl (C=O) groups excluding carboxylic acids is 2. The number of methoxy groups -OCH3 is 1. The molecule has 1 N–H and O–H groups in total. The number of para-hydroxylation sites is 2. The zero-order valence-electron chi connectivity index (χ0n) is 15.0. The van der Waals surface area contributed by atoms with Gasteiger partial charge in [-0.1, -0.05) is 23.4 Å². The molecule has 8 heteroatoms. The van der Waals surface area contributed by atoms with E-state index in [9.17, 15) is 9.59 Å². The van der Waals surface area contributed by atoms with E-state index in [0.29, 0.717) is 23.7 Å². The molecule has 0 unspecified atom stereocenters. The predicted octanol–water partition coefficient (Wildman–Crippen LogP) is 3.51. The van der Waals surface area contributed by atoms with Crippen molar-refractivity contribution in [2.75, 3.05) is 25.5 Å². The number of benzene rings is 1. The Hall–Kier alpha value is -3.13. The van der Waals surface area contributed by atoms with Gasteiger partial charge in [0.1, 0.15) is 12.3 Å². The van der Waals surface area contributed by atoms with Crippen LogP contribution in [0.2, 0.25) is 0 Å². The second-order valence-corrected chi connectivity index (χ2v) is 6.57. The van der Waals surface area contributed by atoms with Crippen molar-refractivity contribution in [1.29, 1.82) is 0 Å². The third kappa shape index (κ3) is 4.35. The topological polar surface area (TPSA) is 84.7 Å². The van der Waals surface area contributed by atoms with Crippen molar-refractivity contribution in [2.45, 2.75) is 6.92 Å². The lowest BCUT2D eigenvalue weighted by Crippen LogP contribution is -2.38. The molecule has 0 aliphatic carbocycles. The van der Waals surface area contributed by atoms with Crippen LogP contribution in [0.15, 0.2) is 52.4 Å². The summed E-state index contributed by atoms with van der Waals surface area (Å²) in [6.07, 6.45) is 0. The predicted molar refractivity (Wildman–Crippen MR) is 103 cm³/mol. The summed E-state index contributed by atoms with van der Waals surface area (Å²) in [7, 11) is 1.53. The van der Waals surface area contributed by atoms with Crippen LogP contribution in [-0.4, -0.2) is 42.1 Å². The van der Waals surface area contributed by atoms with Crippen molar-refractivity contribution in [1.82, 2.24) is 10.1 Å². The van der Waals surface area contributed by atoms with Crippen LogP contribution in [-0.2, 0) is 4.79 Å². The fourth-order valence-corrected chi connectivity index (χ4v) is 3.18. The molecule has 0 fully saturated rings. The van der Waals surface area contributed by atoms with Gasteiger partial charge < -0.3 is 19.5 Å². The number of ether oxygens (including phenoxy) is 1. The lowest BCUT2D eigenvalue weighted by atomic mass is 10.2. The van der Waals surface area contributed by atoms with Crippen LogP contribution in [0.4, 0.5) is 5.69 Å². The van der Waals surface area contributed by atoms with E-state index < -0.39 is 0 Å². The molecule has 3 rings (SSSR count). The molecule has 0 aliphatic heterocycles. The van der Waals surface area contributed by atoms with Crippen LogP contribution in [0.5, 0.6) is 5.75 Å². The number of thiophene rings is 1. The van der Waals surface area contributed by atoms with E-state index >= 15 is 0 Å². The first-order chi connectivity index (χ1) is 13.1. The number of carbonyl (C=O) groups is 2. The van der Waals surface area contributed by atoms with Crippen LogP contribution in [0.1, 0.15) is 17.4 Å². The Bertz CT molecular complexity index is 921. The molecule has 2 aromatic heterocycles. The molecule has 0 bridgehead atoms. The maximum atomic E-state index is 12.7. The molecule has 0 saturated carbocycles. The van der Waals surface area contributed by atoms with Gasteiger partial charge in [0.15, 0.2) is 11.5 Å². The van der Waals surface area contributed by atoms with E-state index in [1.54, 1.807) is 31.2 Å². The van der Waals surface area contributed by atoms with E-state index in [4.69, 9.17) is 9.26 Å². The first-order valence-corrected chi connectivity index (χ1v) is 9.23. The normalized spacial score (nSPS) is 10.4. The Morgan fingerprint density at radius 3 is 2.78 bits per heavy atom. The smallest absolute Gasteiger partial charge is 0.276 e. The van der Waals surface area contributed by atoms with Crippen molar-refractivity contribution in [3.05, 3.63) is 53.5 Å². The van der Waals surface area contributed by atoms with Crippen LogP contribution >= 0.6 is 11.3 Å². The summed E-state index contributed by atoms with van der Waals surface area (Å²) in [6, 6.07) is 12.5. The van der Waals surface area contributed by atoms with Gasteiger partial charge in [0, 0.05) is 12.6 Å². The van der Waals surface area contributed by atoms with E-state index in [1.807, 2.05) is 23.6 Å². The average molecular weight is 385 g/mol. The Balaban J connectivity index is 1.67. The third-order valence-electron chi connectivity index (χ3n) is 3.88. The summed E-state index contributed by atoms with van der Waals surface area (Å²) in [4.78, 5) is 27.3. The number of hydrogen-bond acceptors (Lipinski definition) is 6. The van der Waals surface area contributed by atoms with Crippen molar-refractivity contribution in [2.24, 2.45) is 0 Å². The highest BCUT2D eigenvalue weighted by Crippen LogP contribution is 2.26. The quantitative estimate of drug-likeness (QED) is 0.673. The number of rotatable bonds is 7. The summed E-state index contributed by atoms with van der Waals surface area (Å²) in [5.41, 5.74) is 0.722. The van der Waals surface area contributed by atoms with Crippen molar-refractivity contribution in [3.63, 3.8) is 0 Å². The molecule has 1 aromatic carbocycles. The number of likely N-dealkylation sites (N-methyl/N-ethyl adjacent to an activating group) is 1. The monoisotopic (exact) mass is 385 g/mol. The lowest BCUT2D eigenvalue weighted by molar-refractivity contribution is -0.116. The molecular weight excluding hydrogens is 366 g/mol. The average Bonchev–Trinajstić information content (AvgIpc) is 3.37. The van der Waals surface area contributed by atoms with Crippen LogP contribution in [0.3, 0.4) is 0 Å². The largest absolute Gasteiger partial charge is 0.495 e. The Kier molecular flexibility index (Phi) is 5.87. The second-order valence-electron chi connectivity index (χ2n) is 5.62. The fraction of sp³-hybridized carbons (Fsp3) is 0.211. The molecule has 2 amide bonds. The van der Waals surface area contributed by atoms with Gasteiger partial charge in [-0.2, -0.15) is 0 Å². The van der Waals surface area contributed by atoms with Gasteiger partial charge >= 0.3 is 0 Å². The highest BCUT2D eigenvalue weighted by atomic mass is 32.1. The summed E-state index contributed by atoms with van der Waals surface area (Å²) >= 11 is 1.50. The van der Waals surface area contributed by atoms with Gasteiger partial charge in [0.2, 0.25) is 5.91 Å². The van der Waals surface area contributed by atoms with Gasteiger partial charge in [-0.25, -0.2) is 0 Å². The summed E-state index contributed by atoms with van der Waals surface area (Å²) in [5.74, 6) is 0.399. The summed E-state index contributed by atoms with van der Waals surface area (Å²) in [5, 5.41) is 8.53. The molecule has 3 aromatic rings. The minimum Gasteiger partial charge on any atom is -0.495 e. The molecule has 140 valence electrons. The molecule has 27 heavy (non-hydrogen) atoms. The van der Waals surface area contributed by atoms with Crippen LogP contribution < -0.4 is 10.1 Å². The number of hydrogen-bond donors (Lipinski definition) is 1. The third-order valence-corrected chi connectivity index (χ3v) is 4.76. The molecule has 0 radical (unpaired) electrons. The number of anilines is 1. The highest BCUT2D eigenvalue weighted by molar-refractivity contribution is 7.13. The van der Waals surface area contributed by atoms with Gasteiger partial charge in [-0.15, -0.1) is 11.3 Å². The first-order valence-electron chi connectivity index (χ1n) is 8.35. The maximum absolute atomic E-state index is 12.7. The molecule has 0 spiro atoms. The summed E-state index contributed by atoms with van der Waals surface area (Å²) < 4.78 is 10.5. The van der Waals surface area contributed by atoms with Gasteiger partial charge in [0.05, 0.1) is 17.7 Å². The Morgan fingerprint density at radius 2 is 2.07 bits per heavy atom. The number of amides is 2. The standard InChI is InChI=1S/C19H19N3O4S/c1-3-22(12-18(23)20-13-7-4-5-8-15(13)25-2)19(24)14-11-16(26-21-14)17-9-6-10-27-17/h4-11H,3,12H2,1-2H3,(H,20,23). The molecule has 0 saturated heterocycles. The Labute approximate surface area is 160 Å². The van der Waals surface area contributed by atoms with Crippen LogP contribution in [0.25, 0.3) is 10.6 Å². The van der Waals surface area contributed by atoms with E-state index in [-0.39, 0.29) is 24.1 Å². The second kappa shape index (κ2) is 8.50. The van der Waals surface area contributed by atoms with Crippen molar-refractivity contribution < 1.29 is 18.8 Å². The van der Waals surface area contributed by atoms with E-state index in [1.165, 1.54) is 23.3 Å². The zero-order valence-corrected chi connectivity index (χ0v) is 15.8. The molecular formula is C19H19N3O4S. The van der Waals surface area contributed by atoms with E-state index in [2.05, 4.69) is 10.5 Å². The van der Waals surface area contributed by atoms with Crippen LogP contribution in [0, 0.1) is 0 Å². The van der Waals surface area contributed by atoms with Crippen molar-refractivity contribution in [3.8, 4) is 16.4 Å². The minimum absolute atomic E-state index is 0.103. The van der Waals surface area contributed by atoms with Crippen molar-refractivity contribution >= 4 is 28.8 Å². The van der Waals surface area contributed by atoms with Gasteiger partial charge in [-0.3, -0.25) is 9.59 Å². The molecule has 0 aliphatic rings. The highest BCUT2D eigenvalue weighted by Gasteiger charge is 2.22. The zero-order chi connectivity index (χ0) is 19.2. The Morgan fingerprint density at radius 1 is 1.26 bits per heavy atom. The fourth-order valence-electron chi connectivity index (χ4n) is 2.51. The number of nitrogens with one attached hydrogen (secondary N) is 1. The van der Waals surface area contributed by atoms with Gasteiger partial charge in [-0.05, 0) is 30.5 Å². The molecule has 7 nitrogen and oxygen atoms in total. The lowest BCUT2D eigenvalue weighted by Gasteiger charge is -2.19. The summed E-state index contributed by atoms with van der Waals surface area (Å²) in [6.45, 7) is 2.06. The number of nitrogens with zero attached hydrogens (tertiary/aromatic N) is 2. The minimum atomic E-state index is -0.362. The number of aromatic nitrogens is 1. The van der Waals surface area contributed by atoms with E-state index in [0.717, 1.165) is 4.88 Å². The maximum Gasteiger partial charge on any atom is 0.276 e. The molecule has 2 heterocycles.